The summed E-state index contributed by atoms with van der Waals surface area (Å²) in [6.45, 7) is 2.17. The van der Waals surface area contributed by atoms with Gasteiger partial charge in [-0.05, 0) is 25.1 Å². The second kappa shape index (κ2) is 4.61. The van der Waals surface area contributed by atoms with E-state index in [9.17, 15) is 4.79 Å². The number of hydrogen-bond acceptors (Lipinski definition) is 3. The van der Waals surface area contributed by atoms with Gasteiger partial charge in [-0.2, -0.15) is 0 Å². The van der Waals surface area contributed by atoms with Gasteiger partial charge in [0.1, 0.15) is 5.65 Å². The molecule has 2 aromatic heterocycles. The van der Waals surface area contributed by atoms with Gasteiger partial charge in [-0.25, -0.2) is 9.78 Å². The van der Waals surface area contributed by atoms with Gasteiger partial charge >= 0.3 is 5.97 Å². The maximum absolute atomic E-state index is 11.1. The smallest absolute Gasteiger partial charge is 0.330 e. The number of H-pyrrole nitrogens is 1. The van der Waals surface area contributed by atoms with Gasteiger partial charge in [-0.3, -0.25) is 0 Å². The number of carbonyl (C=O) groups excluding carboxylic acids is 1. The molecule has 82 valence electrons. The molecule has 0 spiro atoms. The monoisotopic (exact) mass is 216 g/mol. The lowest BCUT2D eigenvalue weighted by atomic mass is 10.2. The Bertz CT molecular complexity index is 529. The fraction of sp³-hybridized carbons (Fsp3) is 0.167. The number of rotatable bonds is 3. The van der Waals surface area contributed by atoms with E-state index in [1.807, 2.05) is 18.3 Å². The summed E-state index contributed by atoms with van der Waals surface area (Å²) >= 11 is 0. The summed E-state index contributed by atoms with van der Waals surface area (Å²) in [5.41, 5.74) is 1.74. The van der Waals surface area contributed by atoms with E-state index >= 15 is 0 Å². The third-order valence-electron chi connectivity index (χ3n) is 2.17. The fourth-order valence-electron chi connectivity index (χ4n) is 1.46. The Labute approximate surface area is 93.0 Å². The number of hydrogen-bond donors (Lipinski definition) is 1. The lowest BCUT2D eigenvalue weighted by Gasteiger charge is -1.94. The quantitative estimate of drug-likeness (QED) is 0.631. The predicted molar refractivity (Wildman–Crippen MR) is 61.8 cm³/mol. The second-order valence-corrected chi connectivity index (χ2v) is 3.23. The van der Waals surface area contributed by atoms with Crippen LogP contribution in [0.4, 0.5) is 0 Å². The van der Waals surface area contributed by atoms with Crippen molar-refractivity contribution < 1.29 is 9.53 Å². The summed E-state index contributed by atoms with van der Waals surface area (Å²) in [5.74, 6) is -0.333. The van der Waals surface area contributed by atoms with Crippen LogP contribution >= 0.6 is 0 Å². The molecule has 0 aliphatic carbocycles. The van der Waals surface area contributed by atoms with Gasteiger partial charge < -0.3 is 9.72 Å². The molecule has 0 unspecified atom stereocenters. The Balaban J connectivity index is 2.24. The SMILES string of the molecule is CCOC(=O)/C=C/c1c[nH]c2ncccc12. The lowest BCUT2D eigenvalue weighted by Crippen LogP contribution is -1.98. The number of nitrogens with zero attached hydrogens (tertiary/aromatic N) is 1. The van der Waals surface area contributed by atoms with E-state index in [4.69, 9.17) is 4.74 Å². The van der Waals surface area contributed by atoms with Gasteiger partial charge in [0.2, 0.25) is 0 Å². The topological polar surface area (TPSA) is 55.0 Å². The van der Waals surface area contributed by atoms with Crippen molar-refractivity contribution in [1.82, 2.24) is 9.97 Å². The predicted octanol–water partition coefficient (Wildman–Crippen LogP) is 2.14. The number of pyridine rings is 1. The summed E-state index contributed by atoms with van der Waals surface area (Å²) in [7, 11) is 0. The Kier molecular flexibility index (Phi) is 3.00. The third kappa shape index (κ3) is 2.11. The van der Waals surface area contributed by atoms with Crippen molar-refractivity contribution >= 4 is 23.1 Å². The molecule has 0 saturated heterocycles. The third-order valence-corrected chi connectivity index (χ3v) is 2.17. The Morgan fingerprint density at radius 1 is 1.62 bits per heavy atom. The molecule has 2 rings (SSSR count). The van der Waals surface area contributed by atoms with E-state index < -0.39 is 0 Å². The van der Waals surface area contributed by atoms with Crippen molar-refractivity contribution in [3.05, 3.63) is 36.2 Å². The molecular formula is C12H12N2O2. The highest BCUT2D eigenvalue weighted by Gasteiger charge is 2.01. The van der Waals surface area contributed by atoms with Crippen LogP contribution in [0.15, 0.2) is 30.6 Å². The molecule has 0 atom stereocenters. The molecular weight excluding hydrogens is 204 g/mol. The van der Waals surface area contributed by atoms with Crippen molar-refractivity contribution in [3.8, 4) is 0 Å². The van der Waals surface area contributed by atoms with Gasteiger partial charge in [0.05, 0.1) is 6.61 Å². The minimum absolute atomic E-state index is 0.333. The molecule has 2 heterocycles. The van der Waals surface area contributed by atoms with Crippen LogP contribution in [0.25, 0.3) is 17.1 Å². The summed E-state index contributed by atoms with van der Waals surface area (Å²) in [6.07, 6.45) is 6.67. The molecule has 1 N–H and O–H groups in total. The van der Waals surface area contributed by atoms with E-state index in [2.05, 4.69) is 9.97 Å². The van der Waals surface area contributed by atoms with Crippen LogP contribution in [0.1, 0.15) is 12.5 Å². The van der Waals surface area contributed by atoms with Crippen LogP contribution in [-0.2, 0) is 9.53 Å². The molecule has 0 saturated carbocycles. The van der Waals surface area contributed by atoms with E-state index in [0.717, 1.165) is 16.6 Å². The number of ether oxygens (including phenoxy) is 1. The average molecular weight is 216 g/mol. The summed E-state index contributed by atoms with van der Waals surface area (Å²) in [4.78, 5) is 18.3. The first kappa shape index (κ1) is 10.4. The molecule has 0 fully saturated rings. The number of carbonyl (C=O) groups is 1. The first-order chi connectivity index (χ1) is 7.81. The average Bonchev–Trinajstić information content (AvgIpc) is 2.70. The van der Waals surface area contributed by atoms with Crippen molar-refractivity contribution in [1.29, 1.82) is 0 Å². The fourth-order valence-corrected chi connectivity index (χ4v) is 1.46. The van der Waals surface area contributed by atoms with Crippen LogP contribution in [-0.4, -0.2) is 22.5 Å². The molecule has 0 aliphatic rings. The highest BCUT2D eigenvalue weighted by Crippen LogP contribution is 2.16. The van der Waals surface area contributed by atoms with E-state index in [1.165, 1.54) is 6.08 Å². The largest absolute Gasteiger partial charge is 0.463 e. The molecule has 2 aromatic rings. The van der Waals surface area contributed by atoms with E-state index in [-0.39, 0.29) is 5.97 Å². The number of esters is 1. The summed E-state index contributed by atoms with van der Waals surface area (Å²) in [5, 5.41) is 0.989. The van der Waals surface area contributed by atoms with Gasteiger partial charge in [0, 0.05) is 29.4 Å². The normalized spacial score (nSPS) is 11.1. The van der Waals surface area contributed by atoms with Gasteiger partial charge in [-0.1, -0.05) is 0 Å². The molecule has 16 heavy (non-hydrogen) atoms. The van der Waals surface area contributed by atoms with Crippen molar-refractivity contribution in [2.24, 2.45) is 0 Å². The Morgan fingerprint density at radius 3 is 3.31 bits per heavy atom. The maximum Gasteiger partial charge on any atom is 0.330 e. The first-order valence-corrected chi connectivity index (χ1v) is 5.08. The first-order valence-electron chi connectivity index (χ1n) is 5.08. The van der Waals surface area contributed by atoms with E-state index in [0.29, 0.717) is 6.61 Å². The molecule has 0 aromatic carbocycles. The number of aromatic amines is 1. The number of aromatic nitrogens is 2. The van der Waals surface area contributed by atoms with E-state index in [1.54, 1.807) is 19.2 Å². The zero-order valence-corrected chi connectivity index (χ0v) is 8.93. The van der Waals surface area contributed by atoms with Gasteiger partial charge in [0.15, 0.2) is 0 Å². The van der Waals surface area contributed by atoms with Crippen LogP contribution in [0.3, 0.4) is 0 Å². The maximum atomic E-state index is 11.1. The van der Waals surface area contributed by atoms with Crippen molar-refractivity contribution in [3.63, 3.8) is 0 Å². The van der Waals surface area contributed by atoms with Gasteiger partial charge in [0.25, 0.3) is 0 Å². The molecule has 0 amide bonds. The van der Waals surface area contributed by atoms with Crippen LogP contribution in [0.2, 0.25) is 0 Å². The standard InChI is InChI=1S/C12H12N2O2/c1-2-16-11(15)6-5-9-8-14-12-10(9)4-3-7-13-12/h3-8H,2H2,1H3,(H,13,14)/b6-5+. The second-order valence-electron chi connectivity index (χ2n) is 3.23. The molecule has 0 bridgehead atoms. The van der Waals surface area contributed by atoms with Crippen LogP contribution in [0, 0.1) is 0 Å². The molecule has 0 radical (unpaired) electrons. The number of nitrogens with one attached hydrogen (secondary N) is 1. The molecule has 4 nitrogen and oxygen atoms in total. The van der Waals surface area contributed by atoms with Crippen molar-refractivity contribution in [2.45, 2.75) is 6.92 Å². The summed E-state index contributed by atoms with van der Waals surface area (Å²) in [6, 6.07) is 3.81. The zero-order valence-electron chi connectivity index (χ0n) is 8.93. The Hall–Kier alpha value is -2.10. The lowest BCUT2D eigenvalue weighted by molar-refractivity contribution is -0.137. The summed E-state index contributed by atoms with van der Waals surface area (Å²) < 4.78 is 4.80. The minimum atomic E-state index is -0.333. The molecule has 4 heteroatoms. The minimum Gasteiger partial charge on any atom is -0.463 e. The number of fused-ring (bicyclic) bond motifs is 1. The van der Waals surface area contributed by atoms with Crippen molar-refractivity contribution in [2.75, 3.05) is 6.61 Å². The highest BCUT2D eigenvalue weighted by molar-refractivity contribution is 5.92. The Morgan fingerprint density at radius 2 is 2.50 bits per heavy atom. The zero-order chi connectivity index (χ0) is 11.4. The molecule has 0 aliphatic heterocycles. The van der Waals surface area contributed by atoms with Gasteiger partial charge in [-0.15, -0.1) is 0 Å². The van der Waals surface area contributed by atoms with Crippen LogP contribution in [0.5, 0.6) is 0 Å². The van der Waals surface area contributed by atoms with Crippen LogP contribution < -0.4 is 0 Å². The highest BCUT2D eigenvalue weighted by atomic mass is 16.5.